The van der Waals surface area contributed by atoms with E-state index in [0.29, 0.717) is 29.0 Å². The molecule has 8 atom stereocenters. The molecule has 0 spiro atoms. The van der Waals surface area contributed by atoms with Crippen molar-refractivity contribution in [3.8, 4) is 0 Å². The fraction of sp³-hybridized carbons (Fsp3) is 0.684. The topological polar surface area (TPSA) is 196 Å². The number of aliphatic hydroxyl groups is 2. The lowest BCUT2D eigenvalue weighted by Gasteiger charge is -2.24. The molecule has 0 aromatic carbocycles. The van der Waals surface area contributed by atoms with Gasteiger partial charge in [0.25, 0.3) is 0 Å². The van der Waals surface area contributed by atoms with Crippen molar-refractivity contribution in [2.24, 2.45) is 11.8 Å². The van der Waals surface area contributed by atoms with Gasteiger partial charge >= 0.3 is 15.2 Å². The van der Waals surface area contributed by atoms with Gasteiger partial charge in [-0.25, -0.2) is 9.50 Å². The van der Waals surface area contributed by atoms with Crippen LogP contribution in [0.25, 0.3) is 5.65 Å². The summed E-state index contributed by atoms with van der Waals surface area (Å²) in [5.41, 5.74) is 1.47. The first-order valence-corrected chi connectivity index (χ1v) is 15.2. The minimum Gasteiger partial charge on any atom is -0.387 e. The number of aromatic nitrogens is 3. The quantitative estimate of drug-likeness (QED) is 0.258. The van der Waals surface area contributed by atoms with Crippen molar-refractivity contribution < 1.29 is 43.3 Å². The summed E-state index contributed by atoms with van der Waals surface area (Å²) in [6.07, 6.45) is 0.868. The molecule has 5 rings (SSSR count). The average molecular weight is 553 g/mol. The molecule has 3 fully saturated rings. The normalized spacial score (nSPS) is 34.5. The van der Waals surface area contributed by atoms with Gasteiger partial charge in [0.1, 0.15) is 24.4 Å². The lowest BCUT2D eigenvalue weighted by Crippen LogP contribution is -2.33. The van der Waals surface area contributed by atoms with Gasteiger partial charge in [0.05, 0.1) is 24.2 Å². The molecule has 13 nitrogen and oxygen atoms in total. The van der Waals surface area contributed by atoms with Crippen LogP contribution < -0.4 is 5.32 Å². The van der Waals surface area contributed by atoms with Crippen LogP contribution >= 0.6 is 26.8 Å². The average Bonchev–Trinajstić information content (AvgIpc) is 3.51. The first-order valence-electron chi connectivity index (χ1n) is 11.2. The van der Waals surface area contributed by atoms with Crippen LogP contribution in [0.2, 0.25) is 5.15 Å². The summed E-state index contributed by atoms with van der Waals surface area (Å²) in [6.45, 7) is -0.676. The maximum atomic E-state index is 11.9. The number of anilines is 1. The Kier molecular flexibility index (Phi) is 6.80. The van der Waals surface area contributed by atoms with Crippen molar-refractivity contribution >= 4 is 38.1 Å². The lowest BCUT2D eigenvalue weighted by molar-refractivity contribution is -0.0204. The van der Waals surface area contributed by atoms with Crippen LogP contribution in [-0.2, 0) is 18.4 Å². The van der Waals surface area contributed by atoms with E-state index in [0.717, 1.165) is 12.3 Å². The van der Waals surface area contributed by atoms with Crippen LogP contribution in [0.1, 0.15) is 37.5 Å². The first kappa shape index (κ1) is 25.5. The smallest absolute Gasteiger partial charge is 0.340 e. The van der Waals surface area contributed by atoms with E-state index >= 15 is 0 Å². The van der Waals surface area contributed by atoms with Crippen molar-refractivity contribution in [2.45, 2.75) is 56.1 Å². The first-order chi connectivity index (χ1) is 16.4. The van der Waals surface area contributed by atoms with Gasteiger partial charge in [-0.3, -0.25) is 9.13 Å². The molecular formula is C19H27ClN4O9P2. The Labute approximate surface area is 205 Å². The summed E-state index contributed by atoms with van der Waals surface area (Å²) in [6, 6.07) is 2.01. The minimum absolute atomic E-state index is 0.189. The van der Waals surface area contributed by atoms with Crippen molar-refractivity contribution in [3.63, 3.8) is 0 Å². The zero-order chi connectivity index (χ0) is 25.1. The predicted octanol–water partition coefficient (Wildman–Crippen LogP) is 1.48. The highest BCUT2D eigenvalue weighted by Gasteiger charge is 2.46. The summed E-state index contributed by atoms with van der Waals surface area (Å²) >= 11 is 6.28. The molecule has 2 aromatic rings. The molecule has 3 heterocycles. The van der Waals surface area contributed by atoms with Crippen LogP contribution in [0.5, 0.6) is 0 Å². The van der Waals surface area contributed by atoms with E-state index in [2.05, 4.69) is 15.4 Å². The summed E-state index contributed by atoms with van der Waals surface area (Å²) in [4.78, 5) is 31.9. The molecule has 16 heteroatoms. The molecule has 0 amide bonds. The van der Waals surface area contributed by atoms with Crippen molar-refractivity contribution in [2.75, 3.05) is 17.8 Å². The van der Waals surface area contributed by atoms with E-state index in [1.807, 2.05) is 0 Å². The Bertz CT molecular complexity index is 1210. The van der Waals surface area contributed by atoms with Gasteiger partial charge in [-0.2, -0.15) is 5.10 Å². The number of imidazole rings is 1. The van der Waals surface area contributed by atoms with Crippen LogP contribution in [-0.4, -0.2) is 76.4 Å². The van der Waals surface area contributed by atoms with Crippen molar-refractivity contribution in [3.05, 3.63) is 23.1 Å². The molecule has 2 aromatic heterocycles. The number of aliphatic hydroxyl groups excluding tert-OH is 2. The van der Waals surface area contributed by atoms with Crippen molar-refractivity contribution in [1.29, 1.82) is 0 Å². The summed E-state index contributed by atoms with van der Waals surface area (Å²) in [5, 5.41) is 29.0. The second-order valence-electron chi connectivity index (χ2n) is 9.54. The van der Waals surface area contributed by atoms with E-state index in [4.69, 9.17) is 30.6 Å². The third-order valence-corrected chi connectivity index (χ3v) is 10.6. The van der Waals surface area contributed by atoms with Gasteiger partial charge in [0.15, 0.2) is 16.7 Å². The Hall–Kier alpha value is -1.11. The number of rotatable bonds is 8. The zero-order valence-electron chi connectivity index (χ0n) is 18.4. The standard InChI is InChI=1S/C19H27ClN4O9P2/c20-15-5-12(22-11-4-9-1-2-10(11)3-9)19-21-6-13(24(19)23-15)18-17(26)16(25)14(33-18)7-32-35(30,31)8-34(27,28)29/h5-6,9-11,14,16-18,22,25-26H,1-4,7-8H2,(H,30,31)(H2,27,28,29)/t9?,10?,11?,14-,16-,17-,18+/m1/s1. The van der Waals surface area contributed by atoms with E-state index in [1.54, 1.807) is 6.07 Å². The van der Waals surface area contributed by atoms with Gasteiger partial charge in [0, 0.05) is 12.1 Å². The van der Waals surface area contributed by atoms with Crippen molar-refractivity contribution in [1.82, 2.24) is 14.6 Å². The SMILES string of the molecule is O=P(O)(O)CP(=O)(O)OC[C@H]1O[C@@H](c2cnc3c(NC4CC5CCC4C5)cc(Cl)nn23)[C@H](O)[C@@H]1O. The summed E-state index contributed by atoms with van der Waals surface area (Å²) < 4.78 is 34.8. The second kappa shape index (κ2) is 9.33. The molecule has 4 unspecified atom stereocenters. The van der Waals surface area contributed by atoms with Gasteiger partial charge in [-0.05, 0) is 31.1 Å². The maximum Gasteiger partial charge on any atom is 0.340 e. The largest absolute Gasteiger partial charge is 0.387 e. The van der Waals surface area contributed by atoms with E-state index in [9.17, 15) is 24.2 Å². The second-order valence-corrected chi connectivity index (χ2v) is 13.9. The zero-order valence-corrected chi connectivity index (χ0v) is 21.0. The lowest BCUT2D eigenvalue weighted by atomic mass is 9.95. The molecular weight excluding hydrogens is 526 g/mol. The molecule has 1 aliphatic heterocycles. The Morgan fingerprint density at radius 3 is 2.63 bits per heavy atom. The number of hydrogen-bond donors (Lipinski definition) is 6. The van der Waals surface area contributed by atoms with Gasteiger partial charge in [0.2, 0.25) is 0 Å². The number of fused-ring (bicyclic) bond motifs is 3. The van der Waals surface area contributed by atoms with Gasteiger partial charge < -0.3 is 39.5 Å². The fourth-order valence-corrected chi connectivity index (χ4v) is 8.23. The highest BCUT2D eigenvalue weighted by molar-refractivity contribution is 7.70. The summed E-state index contributed by atoms with van der Waals surface area (Å²) in [5.74, 6) is -0.0341. The molecule has 2 aliphatic carbocycles. The highest BCUT2D eigenvalue weighted by Crippen LogP contribution is 2.55. The monoisotopic (exact) mass is 552 g/mol. The Morgan fingerprint density at radius 1 is 1.20 bits per heavy atom. The molecule has 6 N–H and O–H groups in total. The molecule has 2 saturated carbocycles. The maximum absolute atomic E-state index is 11.9. The molecule has 3 aliphatic rings. The minimum atomic E-state index is -4.81. The number of nitrogens with one attached hydrogen (secondary N) is 1. The fourth-order valence-electron chi connectivity index (χ4n) is 5.47. The number of ether oxygens (including phenoxy) is 1. The number of halogens is 1. The summed E-state index contributed by atoms with van der Waals surface area (Å²) in [7, 11) is -9.46. The van der Waals surface area contributed by atoms with Gasteiger partial charge in [-0.1, -0.05) is 18.0 Å². The molecule has 0 radical (unpaired) electrons. The van der Waals surface area contributed by atoms with E-state index < -0.39 is 52.1 Å². The Balaban J connectivity index is 1.34. The highest BCUT2D eigenvalue weighted by atomic mass is 35.5. The van der Waals surface area contributed by atoms with E-state index in [1.165, 1.54) is 30.0 Å². The van der Waals surface area contributed by atoms with E-state index in [-0.39, 0.29) is 5.15 Å². The molecule has 35 heavy (non-hydrogen) atoms. The van der Waals surface area contributed by atoms with Gasteiger partial charge in [-0.15, -0.1) is 0 Å². The molecule has 1 saturated heterocycles. The van der Waals surface area contributed by atoms with Crippen LogP contribution in [0, 0.1) is 11.8 Å². The third kappa shape index (κ3) is 5.31. The Morgan fingerprint density at radius 2 is 1.97 bits per heavy atom. The van der Waals surface area contributed by atoms with Crippen LogP contribution in [0.4, 0.5) is 5.69 Å². The van der Waals surface area contributed by atoms with Crippen LogP contribution in [0.3, 0.4) is 0 Å². The molecule has 194 valence electrons. The number of hydrogen-bond acceptors (Lipinski definition) is 9. The van der Waals surface area contributed by atoms with Crippen LogP contribution in [0.15, 0.2) is 12.3 Å². The molecule has 2 bridgehead atoms. The number of nitrogens with zero attached hydrogens (tertiary/aromatic N) is 3. The third-order valence-electron chi connectivity index (χ3n) is 7.00. The predicted molar refractivity (Wildman–Crippen MR) is 123 cm³/mol.